The molecule has 0 fully saturated rings. The fraction of sp³-hybridized carbons (Fsp3) is 0.387. The number of nitrogens with zero attached hydrogens (tertiary/aromatic N) is 2. The molecule has 1 atom stereocenters. The first-order valence-corrected chi connectivity index (χ1v) is 13.4. The lowest BCUT2D eigenvalue weighted by Gasteiger charge is -2.31. The van der Waals surface area contributed by atoms with E-state index in [2.05, 4.69) is 12.2 Å². The van der Waals surface area contributed by atoms with E-state index in [9.17, 15) is 14.4 Å². The molecule has 37 heavy (non-hydrogen) atoms. The second-order valence-corrected chi connectivity index (χ2v) is 9.76. The zero-order valence-corrected chi connectivity index (χ0v) is 22.1. The zero-order chi connectivity index (χ0) is 26.4. The van der Waals surface area contributed by atoms with Gasteiger partial charge < -0.3 is 15.1 Å². The number of aryl methyl sites for hydroxylation is 1. The zero-order valence-electron chi connectivity index (χ0n) is 22.1. The van der Waals surface area contributed by atoms with Crippen molar-refractivity contribution in [2.75, 3.05) is 18.0 Å². The third-order valence-electron chi connectivity index (χ3n) is 7.24. The van der Waals surface area contributed by atoms with E-state index in [-0.39, 0.29) is 24.1 Å². The molecule has 1 aliphatic heterocycles. The number of hydrogen-bond acceptors (Lipinski definition) is 3. The van der Waals surface area contributed by atoms with Crippen molar-refractivity contribution in [3.8, 4) is 0 Å². The molecule has 0 bridgehead atoms. The Bertz CT molecular complexity index is 1280. The summed E-state index contributed by atoms with van der Waals surface area (Å²) in [6, 6.07) is 19.2. The molecule has 1 aliphatic rings. The third kappa shape index (κ3) is 5.68. The van der Waals surface area contributed by atoms with E-state index in [0.717, 1.165) is 46.0 Å². The van der Waals surface area contributed by atoms with Gasteiger partial charge in [0.05, 0.1) is 5.69 Å². The van der Waals surface area contributed by atoms with Crippen LogP contribution in [0.4, 0.5) is 5.69 Å². The molecule has 3 aromatic rings. The Labute approximate surface area is 219 Å². The Kier molecular flexibility index (Phi) is 8.59. The number of rotatable bonds is 12. The Morgan fingerprint density at radius 1 is 0.973 bits per heavy atom. The van der Waals surface area contributed by atoms with Crippen molar-refractivity contribution >= 4 is 34.2 Å². The van der Waals surface area contributed by atoms with Crippen LogP contribution in [0.3, 0.4) is 0 Å². The SMILES string of the molecule is CCCCNC(=O)[C@H](CC)N(Cc1ccccc1C)C(=O)CCCN1C(=O)c2cccc3cccc1c23. The van der Waals surface area contributed by atoms with Gasteiger partial charge in [0.25, 0.3) is 5.91 Å². The van der Waals surface area contributed by atoms with E-state index in [4.69, 9.17) is 0 Å². The van der Waals surface area contributed by atoms with Gasteiger partial charge in [-0.05, 0) is 54.8 Å². The summed E-state index contributed by atoms with van der Waals surface area (Å²) in [5.41, 5.74) is 3.75. The summed E-state index contributed by atoms with van der Waals surface area (Å²) in [4.78, 5) is 43.3. The highest BCUT2D eigenvalue weighted by atomic mass is 16.2. The summed E-state index contributed by atoms with van der Waals surface area (Å²) in [6.45, 7) is 7.51. The van der Waals surface area contributed by atoms with Crippen LogP contribution in [0.5, 0.6) is 0 Å². The van der Waals surface area contributed by atoms with Crippen LogP contribution in [0, 0.1) is 6.92 Å². The van der Waals surface area contributed by atoms with E-state index in [0.29, 0.717) is 32.5 Å². The minimum absolute atomic E-state index is 0.0160. The summed E-state index contributed by atoms with van der Waals surface area (Å²) in [7, 11) is 0. The molecule has 0 radical (unpaired) electrons. The molecule has 6 nitrogen and oxygen atoms in total. The maximum Gasteiger partial charge on any atom is 0.258 e. The Morgan fingerprint density at radius 2 is 1.73 bits per heavy atom. The number of hydrogen-bond donors (Lipinski definition) is 1. The monoisotopic (exact) mass is 499 g/mol. The molecule has 3 aromatic carbocycles. The topological polar surface area (TPSA) is 69.7 Å². The lowest BCUT2D eigenvalue weighted by atomic mass is 10.0. The number of amides is 3. The summed E-state index contributed by atoms with van der Waals surface area (Å²) in [5, 5.41) is 5.04. The number of carbonyl (C=O) groups excluding carboxylic acids is 3. The highest BCUT2D eigenvalue weighted by molar-refractivity contribution is 6.25. The van der Waals surface area contributed by atoms with Crippen molar-refractivity contribution in [1.29, 1.82) is 0 Å². The quantitative estimate of drug-likeness (QED) is 0.329. The van der Waals surface area contributed by atoms with Crippen LogP contribution in [0.15, 0.2) is 60.7 Å². The average Bonchev–Trinajstić information content (AvgIpc) is 3.18. The molecule has 0 saturated heterocycles. The van der Waals surface area contributed by atoms with E-state index in [1.165, 1.54) is 0 Å². The standard InChI is InChI=1S/C31H37N3O3/c1-4-6-19-32-30(36)26(5-2)34(21-24-13-8-7-12-22(24)3)28(35)18-11-20-33-27-17-10-15-23-14-9-16-25(29(23)27)31(33)37/h7-10,12-17,26H,4-6,11,18-21H2,1-3H3,(H,32,36)/t26-/m0/s1. The molecule has 0 saturated carbocycles. The van der Waals surface area contributed by atoms with Crippen LogP contribution in [-0.2, 0) is 16.1 Å². The van der Waals surface area contributed by atoms with Crippen LogP contribution in [0.25, 0.3) is 10.8 Å². The fourth-order valence-corrected chi connectivity index (χ4v) is 5.13. The van der Waals surface area contributed by atoms with Crippen molar-refractivity contribution in [3.63, 3.8) is 0 Å². The summed E-state index contributed by atoms with van der Waals surface area (Å²) < 4.78 is 0. The number of unbranched alkanes of at least 4 members (excludes halogenated alkanes) is 1. The molecule has 0 aliphatic carbocycles. The summed E-state index contributed by atoms with van der Waals surface area (Å²) >= 11 is 0. The van der Waals surface area contributed by atoms with Gasteiger partial charge in [-0.1, -0.05) is 68.8 Å². The van der Waals surface area contributed by atoms with Crippen molar-refractivity contribution in [1.82, 2.24) is 10.2 Å². The normalized spacial score (nSPS) is 13.2. The van der Waals surface area contributed by atoms with E-state index >= 15 is 0 Å². The third-order valence-corrected chi connectivity index (χ3v) is 7.24. The van der Waals surface area contributed by atoms with Gasteiger partial charge in [-0.2, -0.15) is 0 Å². The van der Waals surface area contributed by atoms with Gasteiger partial charge in [0.2, 0.25) is 11.8 Å². The Balaban J connectivity index is 1.48. The van der Waals surface area contributed by atoms with Gasteiger partial charge in [-0.25, -0.2) is 0 Å². The number of anilines is 1. The van der Waals surface area contributed by atoms with Gasteiger partial charge in [0.15, 0.2) is 0 Å². The van der Waals surface area contributed by atoms with Gasteiger partial charge in [-0.3, -0.25) is 14.4 Å². The predicted molar refractivity (Wildman–Crippen MR) is 149 cm³/mol. The highest BCUT2D eigenvalue weighted by Crippen LogP contribution is 2.37. The molecular formula is C31H37N3O3. The van der Waals surface area contributed by atoms with Crippen LogP contribution in [0.2, 0.25) is 0 Å². The molecule has 0 aromatic heterocycles. The molecule has 3 amide bonds. The van der Waals surface area contributed by atoms with Crippen molar-refractivity contribution in [2.45, 2.75) is 65.5 Å². The van der Waals surface area contributed by atoms with E-state index in [1.54, 1.807) is 9.80 Å². The van der Waals surface area contributed by atoms with E-state index < -0.39 is 6.04 Å². The second-order valence-electron chi connectivity index (χ2n) is 9.76. The van der Waals surface area contributed by atoms with Crippen LogP contribution < -0.4 is 10.2 Å². The molecule has 1 N–H and O–H groups in total. The maximum atomic E-state index is 13.6. The largest absolute Gasteiger partial charge is 0.354 e. The molecule has 1 heterocycles. The summed E-state index contributed by atoms with van der Waals surface area (Å²) in [6.07, 6.45) is 3.23. The lowest BCUT2D eigenvalue weighted by Crippen LogP contribution is -2.49. The van der Waals surface area contributed by atoms with Gasteiger partial charge in [-0.15, -0.1) is 0 Å². The fourth-order valence-electron chi connectivity index (χ4n) is 5.13. The van der Waals surface area contributed by atoms with Crippen LogP contribution in [-0.4, -0.2) is 41.8 Å². The number of carbonyl (C=O) groups is 3. The van der Waals surface area contributed by atoms with Crippen molar-refractivity contribution in [3.05, 3.63) is 77.4 Å². The average molecular weight is 500 g/mol. The minimum atomic E-state index is -0.532. The Hall–Kier alpha value is -3.67. The second kappa shape index (κ2) is 12.0. The smallest absolute Gasteiger partial charge is 0.258 e. The van der Waals surface area contributed by atoms with Gasteiger partial charge in [0.1, 0.15) is 6.04 Å². The first-order chi connectivity index (χ1) is 18.0. The molecule has 0 unspecified atom stereocenters. The summed E-state index contributed by atoms with van der Waals surface area (Å²) in [5.74, 6) is -0.185. The molecule has 0 spiro atoms. The minimum Gasteiger partial charge on any atom is -0.354 e. The molecule has 4 rings (SSSR count). The van der Waals surface area contributed by atoms with Crippen molar-refractivity contribution in [2.24, 2.45) is 0 Å². The predicted octanol–water partition coefficient (Wildman–Crippen LogP) is 5.61. The first-order valence-electron chi connectivity index (χ1n) is 13.4. The Morgan fingerprint density at radius 3 is 2.46 bits per heavy atom. The lowest BCUT2D eigenvalue weighted by molar-refractivity contribution is -0.141. The number of nitrogens with one attached hydrogen (secondary N) is 1. The van der Waals surface area contributed by atoms with Gasteiger partial charge in [0, 0.05) is 37.0 Å². The van der Waals surface area contributed by atoms with Gasteiger partial charge >= 0.3 is 0 Å². The number of benzene rings is 3. The van der Waals surface area contributed by atoms with Crippen LogP contribution in [0.1, 0.15) is 67.4 Å². The maximum absolute atomic E-state index is 13.6. The van der Waals surface area contributed by atoms with Crippen molar-refractivity contribution < 1.29 is 14.4 Å². The molecule has 6 heteroatoms. The molecule has 194 valence electrons. The van der Waals surface area contributed by atoms with E-state index in [1.807, 2.05) is 74.5 Å². The molecular weight excluding hydrogens is 462 g/mol. The highest BCUT2D eigenvalue weighted by Gasteiger charge is 2.31. The van der Waals surface area contributed by atoms with Crippen LogP contribution >= 0.6 is 0 Å². The first kappa shape index (κ1) is 26.4.